The number of rotatable bonds is 5. The topological polar surface area (TPSA) is 29.5 Å². The minimum atomic E-state index is -0.0649. The van der Waals surface area contributed by atoms with E-state index in [0.717, 1.165) is 6.42 Å². The van der Waals surface area contributed by atoms with E-state index in [1.807, 2.05) is 0 Å². The highest BCUT2D eigenvalue weighted by atomic mass is 17.1. The molecule has 0 bridgehead atoms. The Bertz CT molecular complexity index is 259. The van der Waals surface area contributed by atoms with E-state index in [4.69, 9.17) is 4.89 Å². The summed E-state index contributed by atoms with van der Waals surface area (Å²) in [6, 6.07) is 0. The molecule has 102 valence electrons. The van der Waals surface area contributed by atoms with Gasteiger partial charge in [0.15, 0.2) is 0 Å². The summed E-state index contributed by atoms with van der Waals surface area (Å²) in [6.07, 6.45) is 3.39. The molecule has 0 heterocycles. The first-order valence-electron chi connectivity index (χ1n) is 6.93. The SMILES string of the molecule is CC[C@@H](C)C(C)(C)C(OO)C1(C(C)(C)C)CC1. The molecule has 1 aliphatic carbocycles. The molecule has 1 unspecified atom stereocenters. The minimum absolute atomic E-state index is 0.00722. The molecule has 1 saturated carbocycles. The molecule has 0 aromatic rings. The van der Waals surface area contributed by atoms with Crippen LogP contribution in [-0.2, 0) is 4.89 Å². The van der Waals surface area contributed by atoms with Gasteiger partial charge in [0.2, 0.25) is 0 Å². The van der Waals surface area contributed by atoms with E-state index in [-0.39, 0.29) is 22.3 Å². The number of hydrogen-bond donors (Lipinski definition) is 1. The van der Waals surface area contributed by atoms with Gasteiger partial charge < -0.3 is 0 Å². The predicted octanol–water partition coefficient (Wildman–Crippen LogP) is 4.74. The highest BCUT2D eigenvalue weighted by Crippen LogP contribution is 2.65. The molecule has 1 N–H and O–H groups in total. The quantitative estimate of drug-likeness (QED) is 0.557. The van der Waals surface area contributed by atoms with Crippen LogP contribution in [-0.4, -0.2) is 11.4 Å². The Kier molecular flexibility index (Phi) is 4.01. The van der Waals surface area contributed by atoms with E-state index in [1.54, 1.807) is 0 Å². The Morgan fingerprint density at radius 2 is 1.65 bits per heavy atom. The van der Waals surface area contributed by atoms with Gasteiger partial charge in [-0.15, -0.1) is 0 Å². The van der Waals surface area contributed by atoms with Crippen molar-refractivity contribution in [3.8, 4) is 0 Å². The van der Waals surface area contributed by atoms with Crippen LogP contribution in [0.4, 0.5) is 0 Å². The Hall–Kier alpha value is -0.0800. The molecule has 0 spiro atoms. The lowest BCUT2D eigenvalue weighted by molar-refractivity contribution is -0.330. The lowest BCUT2D eigenvalue weighted by atomic mass is 9.62. The van der Waals surface area contributed by atoms with Crippen molar-refractivity contribution in [1.29, 1.82) is 0 Å². The van der Waals surface area contributed by atoms with Crippen LogP contribution < -0.4 is 0 Å². The first kappa shape index (κ1) is 15.0. The molecule has 0 aromatic carbocycles. The van der Waals surface area contributed by atoms with Crippen molar-refractivity contribution in [2.75, 3.05) is 0 Å². The molecule has 1 rings (SSSR count). The third-order valence-electron chi connectivity index (χ3n) is 5.45. The minimum Gasteiger partial charge on any atom is -0.251 e. The largest absolute Gasteiger partial charge is 0.251 e. The summed E-state index contributed by atoms with van der Waals surface area (Å²) in [5.74, 6) is 0.541. The van der Waals surface area contributed by atoms with Gasteiger partial charge >= 0.3 is 0 Å². The van der Waals surface area contributed by atoms with Crippen LogP contribution in [0.25, 0.3) is 0 Å². The summed E-state index contributed by atoms with van der Waals surface area (Å²) in [5.41, 5.74) is 0.340. The van der Waals surface area contributed by atoms with Crippen molar-refractivity contribution in [3.05, 3.63) is 0 Å². The summed E-state index contributed by atoms with van der Waals surface area (Å²) in [6.45, 7) is 15.7. The molecule has 2 atom stereocenters. The molecule has 0 aliphatic heterocycles. The van der Waals surface area contributed by atoms with E-state index in [9.17, 15) is 5.26 Å². The Morgan fingerprint density at radius 3 is 1.88 bits per heavy atom. The molecule has 17 heavy (non-hydrogen) atoms. The van der Waals surface area contributed by atoms with Crippen LogP contribution in [0.5, 0.6) is 0 Å². The van der Waals surface area contributed by atoms with Gasteiger partial charge in [0.05, 0.1) is 0 Å². The molecule has 0 radical (unpaired) electrons. The highest BCUT2D eigenvalue weighted by molar-refractivity contribution is 5.10. The Labute approximate surface area is 107 Å². The standard InChI is InChI=1S/C15H30O2/c1-8-11(2)14(6,7)12(17-16)15(9-10-15)13(3,4)5/h11-12,16H,8-10H2,1-7H3/t11-,12?/m1/s1. The normalized spacial score (nSPS) is 23.3. The van der Waals surface area contributed by atoms with Crippen molar-refractivity contribution in [2.24, 2.45) is 22.2 Å². The smallest absolute Gasteiger partial charge is 0.104 e. The van der Waals surface area contributed by atoms with Gasteiger partial charge in [-0.2, -0.15) is 0 Å². The van der Waals surface area contributed by atoms with Gasteiger partial charge in [0, 0.05) is 5.41 Å². The van der Waals surface area contributed by atoms with Crippen molar-refractivity contribution >= 4 is 0 Å². The Morgan fingerprint density at radius 1 is 1.18 bits per heavy atom. The summed E-state index contributed by atoms with van der Waals surface area (Å²) < 4.78 is 0. The van der Waals surface area contributed by atoms with Crippen molar-refractivity contribution in [3.63, 3.8) is 0 Å². The third-order valence-corrected chi connectivity index (χ3v) is 5.45. The van der Waals surface area contributed by atoms with E-state index >= 15 is 0 Å². The van der Waals surface area contributed by atoms with Crippen LogP contribution in [0.1, 0.15) is 67.7 Å². The first-order valence-corrected chi connectivity index (χ1v) is 6.93. The monoisotopic (exact) mass is 242 g/mol. The molecule has 2 nitrogen and oxygen atoms in total. The molecular formula is C15H30O2. The van der Waals surface area contributed by atoms with Gasteiger partial charge in [0.1, 0.15) is 6.10 Å². The second kappa shape index (κ2) is 4.55. The lowest BCUT2D eigenvalue weighted by Crippen LogP contribution is -2.47. The van der Waals surface area contributed by atoms with E-state index in [2.05, 4.69) is 48.5 Å². The molecule has 1 aliphatic rings. The maximum absolute atomic E-state index is 9.45. The Balaban J connectivity index is 3.01. The first-order chi connectivity index (χ1) is 7.63. The lowest BCUT2D eigenvalue weighted by Gasteiger charge is -2.46. The zero-order valence-corrected chi connectivity index (χ0v) is 12.6. The van der Waals surface area contributed by atoms with Crippen LogP contribution >= 0.6 is 0 Å². The van der Waals surface area contributed by atoms with Gasteiger partial charge in [-0.3, -0.25) is 5.26 Å². The van der Waals surface area contributed by atoms with E-state index in [1.165, 1.54) is 12.8 Å². The zero-order valence-electron chi connectivity index (χ0n) is 12.6. The third kappa shape index (κ3) is 2.39. The van der Waals surface area contributed by atoms with Crippen molar-refractivity contribution in [1.82, 2.24) is 0 Å². The molecule has 0 amide bonds. The maximum Gasteiger partial charge on any atom is 0.104 e. The van der Waals surface area contributed by atoms with Gasteiger partial charge in [-0.1, -0.05) is 54.9 Å². The second-order valence-corrected chi connectivity index (χ2v) is 7.52. The van der Waals surface area contributed by atoms with Crippen LogP contribution in [0, 0.1) is 22.2 Å². The molecule has 2 heteroatoms. The summed E-state index contributed by atoms with van der Waals surface area (Å²) >= 11 is 0. The molecule has 1 fully saturated rings. The van der Waals surface area contributed by atoms with Crippen molar-refractivity contribution in [2.45, 2.75) is 73.8 Å². The second-order valence-electron chi connectivity index (χ2n) is 7.52. The summed E-state index contributed by atoms with van der Waals surface area (Å²) in [7, 11) is 0. The average Bonchev–Trinajstić information content (AvgIpc) is 2.97. The molecule has 0 saturated heterocycles. The van der Waals surface area contributed by atoms with Crippen LogP contribution in [0.3, 0.4) is 0 Å². The zero-order chi connectivity index (χ0) is 13.5. The van der Waals surface area contributed by atoms with Gasteiger partial charge in [-0.05, 0) is 29.6 Å². The number of hydrogen-bond acceptors (Lipinski definition) is 2. The molecule has 0 aromatic heterocycles. The average molecular weight is 242 g/mol. The van der Waals surface area contributed by atoms with E-state index < -0.39 is 0 Å². The maximum atomic E-state index is 9.45. The fourth-order valence-electron chi connectivity index (χ4n) is 3.27. The fraction of sp³-hybridized carbons (Fsp3) is 1.00. The van der Waals surface area contributed by atoms with E-state index in [0.29, 0.717) is 5.92 Å². The highest BCUT2D eigenvalue weighted by Gasteiger charge is 2.62. The summed E-state index contributed by atoms with van der Waals surface area (Å²) in [5, 5.41) is 9.45. The van der Waals surface area contributed by atoms with Crippen LogP contribution in [0.15, 0.2) is 0 Å². The van der Waals surface area contributed by atoms with Crippen molar-refractivity contribution < 1.29 is 10.1 Å². The van der Waals surface area contributed by atoms with Crippen LogP contribution in [0.2, 0.25) is 0 Å². The van der Waals surface area contributed by atoms with Gasteiger partial charge in [0.25, 0.3) is 0 Å². The fourth-order valence-corrected chi connectivity index (χ4v) is 3.27. The van der Waals surface area contributed by atoms with Gasteiger partial charge in [-0.25, -0.2) is 4.89 Å². The summed E-state index contributed by atoms with van der Waals surface area (Å²) in [4.78, 5) is 4.99. The molecular weight excluding hydrogens is 212 g/mol. The predicted molar refractivity (Wildman–Crippen MR) is 71.9 cm³/mol.